The Balaban J connectivity index is 2.28. The van der Waals surface area contributed by atoms with Gasteiger partial charge < -0.3 is 14.2 Å². The summed E-state index contributed by atoms with van der Waals surface area (Å²) >= 11 is 0. The van der Waals surface area contributed by atoms with Crippen molar-refractivity contribution in [2.24, 2.45) is 5.92 Å². The van der Waals surface area contributed by atoms with Crippen molar-refractivity contribution < 1.29 is 23.8 Å². The van der Waals surface area contributed by atoms with Gasteiger partial charge in [-0.2, -0.15) is 0 Å². The molecule has 0 N–H and O–H groups in total. The molecule has 0 saturated carbocycles. The Bertz CT molecular complexity index is 710. The molecule has 1 heterocycles. The summed E-state index contributed by atoms with van der Waals surface area (Å²) in [5.41, 5.74) is -0.275. The molecule has 1 aromatic carbocycles. The van der Waals surface area contributed by atoms with Gasteiger partial charge in [-0.15, -0.1) is 0 Å². The van der Waals surface area contributed by atoms with E-state index in [2.05, 4.69) is 12.1 Å². The summed E-state index contributed by atoms with van der Waals surface area (Å²) in [4.78, 5) is 26.9. The van der Waals surface area contributed by atoms with Crippen LogP contribution in [0.2, 0.25) is 0 Å². The van der Waals surface area contributed by atoms with Crippen molar-refractivity contribution in [2.45, 2.75) is 90.7 Å². The van der Waals surface area contributed by atoms with Gasteiger partial charge in [-0.05, 0) is 65.9 Å². The smallest absolute Gasteiger partial charge is 0.412 e. The zero-order valence-electron chi connectivity index (χ0n) is 19.4. The van der Waals surface area contributed by atoms with Gasteiger partial charge in [0, 0.05) is 0 Å². The van der Waals surface area contributed by atoms with Crippen molar-refractivity contribution in [3.8, 4) is 0 Å². The number of benzene rings is 1. The summed E-state index contributed by atoms with van der Waals surface area (Å²) in [5, 5.41) is 0. The number of hydrogen-bond acceptors (Lipinski definition) is 5. The van der Waals surface area contributed by atoms with E-state index in [1.165, 1.54) is 7.11 Å². The lowest BCUT2D eigenvalue weighted by molar-refractivity contribution is -0.146. The Hall–Kier alpha value is -2.08. The second-order valence-electron chi connectivity index (χ2n) is 9.42. The molecule has 6 nitrogen and oxygen atoms in total. The third kappa shape index (κ3) is 6.21. The molecule has 1 aliphatic rings. The first-order valence-electron chi connectivity index (χ1n) is 10.8. The molecule has 0 radical (unpaired) electrons. The second kappa shape index (κ2) is 9.82. The van der Waals surface area contributed by atoms with Crippen molar-refractivity contribution in [3.05, 3.63) is 35.9 Å². The molecule has 0 bridgehead atoms. The van der Waals surface area contributed by atoms with Crippen LogP contribution in [0.3, 0.4) is 0 Å². The molecule has 3 unspecified atom stereocenters. The van der Waals surface area contributed by atoms with Gasteiger partial charge in [0.25, 0.3) is 0 Å². The fourth-order valence-corrected chi connectivity index (χ4v) is 4.09. The largest absolute Gasteiger partial charge is 0.469 e. The van der Waals surface area contributed by atoms with Crippen LogP contribution in [0.15, 0.2) is 30.3 Å². The molecule has 1 saturated heterocycles. The Morgan fingerprint density at radius 3 is 2.37 bits per heavy atom. The van der Waals surface area contributed by atoms with E-state index in [1.54, 1.807) is 4.90 Å². The third-order valence-corrected chi connectivity index (χ3v) is 5.49. The SMILES string of the molecule is CCC(CCC1OC(C)(C)N(C(=O)OC(C)(C)C)C1Cc1ccccc1)C(=O)OC. The number of rotatable bonds is 7. The summed E-state index contributed by atoms with van der Waals surface area (Å²) in [6.45, 7) is 11.4. The van der Waals surface area contributed by atoms with E-state index >= 15 is 0 Å². The molecule has 0 spiro atoms. The van der Waals surface area contributed by atoms with Crippen LogP contribution < -0.4 is 0 Å². The molecule has 1 fully saturated rings. The van der Waals surface area contributed by atoms with Gasteiger partial charge in [-0.1, -0.05) is 37.3 Å². The van der Waals surface area contributed by atoms with Gasteiger partial charge in [0.2, 0.25) is 0 Å². The Morgan fingerprint density at radius 2 is 1.83 bits per heavy atom. The number of ether oxygens (including phenoxy) is 3. The molecule has 2 rings (SSSR count). The van der Waals surface area contributed by atoms with Crippen molar-refractivity contribution >= 4 is 12.1 Å². The average molecular weight is 420 g/mol. The van der Waals surface area contributed by atoms with Gasteiger partial charge in [0.15, 0.2) is 0 Å². The lowest BCUT2D eigenvalue weighted by Crippen LogP contribution is -2.51. The van der Waals surface area contributed by atoms with Crippen LogP contribution >= 0.6 is 0 Å². The minimum absolute atomic E-state index is 0.172. The zero-order valence-corrected chi connectivity index (χ0v) is 19.4. The van der Waals surface area contributed by atoms with E-state index in [0.717, 1.165) is 5.56 Å². The number of amides is 1. The van der Waals surface area contributed by atoms with Crippen LogP contribution in [-0.4, -0.2) is 47.5 Å². The second-order valence-corrected chi connectivity index (χ2v) is 9.42. The summed E-state index contributed by atoms with van der Waals surface area (Å²) in [7, 11) is 1.42. The van der Waals surface area contributed by atoms with Gasteiger partial charge in [0.1, 0.15) is 11.3 Å². The fraction of sp³-hybridized carbons (Fsp3) is 0.667. The highest BCUT2D eigenvalue weighted by atomic mass is 16.6. The maximum absolute atomic E-state index is 13.1. The van der Waals surface area contributed by atoms with E-state index in [9.17, 15) is 9.59 Å². The first-order valence-corrected chi connectivity index (χ1v) is 10.8. The molecule has 1 aromatic rings. The topological polar surface area (TPSA) is 65.1 Å². The van der Waals surface area contributed by atoms with Crippen molar-refractivity contribution in [1.82, 2.24) is 4.90 Å². The minimum atomic E-state index is -0.806. The van der Waals surface area contributed by atoms with Gasteiger partial charge in [-0.3, -0.25) is 9.69 Å². The Morgan fingerprint density at radius 1 is 1.20 bits per heavy atom. The first-order chi connectivity index (χ1) is 14.0. The van der Waals surface area contributed by atoms with Crippen LogP contribution in [0.4, 0.5) is 4.79 Å². The normalized spacial score (nSPS) is 21.9. The number of hydrogen-bond donors (Lipinski definition) is 0. The van der Waals surface area contributed by atoms with Gasteiger partial charge in [-0.25, -0.2) is 4.79 Å². The molecular formula is C24H37NO5. The van der Waals surface area contributed by atoms with Gasteiger partial charge in [0.05, 0.1) is 25.2 Å². The fourth-order valence-electron chi connectivity index (χ4n) is 4.09. The Labute approximate surface area is 180 Å². The molecule has 0 aliphatic carbocycles. The van der Waals surface area contributed by atoms with Gasteiger partial charge >= 0.3 is 12.1 Å². The monoisotopic (exact) mass is 419 g/mol. The van der Waals surface area contributed by atoms with E-state index < -0.39 is 11.3 Å². The van der Waals surface area contributed by atoms with Crippen molar-refractivity contribution in [3.63, 3.8) is 0 Å². The quantitative estimate of drug-likeness (QED) is 0.585. The van der Waals surface area contributed by atoms with E-state index in [4.69, 9.17) is 14.2 Å². The van der Waals surface area contributed by atoms with Crippen LogP contribution in [0.5, 0.6) is 0 Å². The van der Waals surface area contributed by atoms with E-state index in [-0.39, 0.29) is 30.1 Å². The number of carbonyl (C=O) groups is 2. The van der Waals surface area contributed by atoms with Crippen molar-refractivity contribution in [2.75, 3.05) is 7.11 Å². The Kier molecular flexibility index (Phi) is 7.92. The standard InChI is InChI=1S/C24H37NO5/c1-8-18(21(26)28-7)14-15-20-19(16-17-12-10-9-11-13-17)25(24(5,6)29-20)22(27)30-23(2,3)4/h9-13,18-20H,8,14-16H2,1-7H3. The summed E-state index contributed by atoms with van der Waals surface area (Å²) < 4.78 is 17.0. The third-order valence-electron chi connectivity index (χ3n) is 5.49. The number of nitrogens with zero attached hydrogens (tertiary/aromatic N) is 1. The minimum Gasteiger partial charge on any atom is -0.469 e. The molecule has 3 atom stereocenters. The van der Waals surface area contributed by atoms with E-state index in [0.29, 0.717) is 25.7 Å². The van der Waals surface area contributed by atoms with E-state index in [1.807, 2.05) is 59.7 Å². The molecule has 1 aliphatic heterocycles. The maximum Gasteiger partial charge on any atom is 0.412 e. The molecular weight excluding hydrogens is 382 g/mol. The number of esters is 1. The van der Waals surface area contributed by atoms with Crippen LogP contribution in [-0.2, 0) is 25.4 Å². The maximum atomic E-state index is 13.1. The highest BCUT2D eigenvalue weighted by molar-refractivity contribution is 5.72. The molecule has 0 aromatic heterocycles. The predicted molar refractivity (Wildman–Crippen MR) is 116 cm³/mol. The summed E-state index contributed by atoms with van der Waals surface area (Å²) in [5.74, 6) is -0.368. The summed E-state index contributed by atoms with van der Waals surface area (Å²) in [6.07, 6.45) is 2.10. The highest BCUT2D eigenvalue weighted by Gasteiger charge is 2.51. The summed E-state index contributed by atoms with van der Waals surface area (Å²) in [6, 6.07) is 9.88. The van der Waals surface area contributed by atoms with Crippen LogP contribution in [0.1, 0.15) is 66.4 Å². The average Bonchev–Trinajstić information content (AvgIpc) is 2.91. The number of carbonyl (C=O) groups excluding carboxylic acids is 2. The number of methoxy groups -OCH3 is 1. The molecule has 168 valence electrons. The predicted octanol–water partition coefficient (Wildman–Crippen LogP) is 4.95. The molecule has 30 heavy (non-hydrogen) atoms. The molecule has 6 heteroatoms. The highest BCUT2D eigenvalue weighted by Crippen LogP contribution is 2.37. The van der Waals surface area contributed by atoms with Crippen LogP contribution in [0.25, 0.3) is 0 Å². The lowest BCUT2D eigenvalue weighted by Gasteiger charge is -2.35. The first kappa shape index (κ1) is 24.2. The lowest BCUT2D eigenvalue weighted by atomic mass is 9.93. The van der Waals surface area contributed by atoms with Crippen molar-refractivity contribution in [1.29, 1.82) is 0 Å². The molecule has 1 amide bonds. The van der Waals surface area contributed by atoms with Crippen LogP contribution in [0, 0.1) is 5.92 Å². The zero-order chi connectivity index (χ0) is 22.5.